The van der Waals surface area contributed by atoms with Gasteiger partial charge in [-0.15, -0.1) is 0 Å². The first kappa shape index (κ1) is 14.8. The molecule has 1 unspecified atom stereocenters. The van der Waals surface area contributed by atoms with Crippen molar-refractivity contribution in [3.63, 3.8) is 0 Å². The molecule has 1 aromatic rings. The van der Waals surface area contributed by atoms with Crippen molar-refractivity contribution in [1.29, 1.82) is 0 Å². The van der Waals surface area contributed by atoms with Gasteiger partial charge in [0.25, 0.3) is 0 Å². The minimum atomic E-state index is 0.652. The summed E-state index contributed by atoms with van der Waals surface area (Å²) in [4.78, 5) is 10.9. The molecular formula is C14H25N5O. The molecule has 2 rings (SSSR count). The molecule has 1 atom stereocenters. The van der Waals surface area contributed by atoms with Gasteiger partial charge in [-0.3, -0.25) is 0 Å². The average Bonchev–Trinajstić information content (AvgIpc) is 2.45. The minimum absolute atomic E-state index is 0.652. The summed E-state index contributed by atoms with van der Waals surface area (Å²) in [5.74, 6) is 2.28. The molecular weight excluding hydrogens is 254 g/mol. The van der Waals surface area contributed by atoms with Crippen LogP contribution in [0.15, 0.2) is 6.33 Å². The number of nitrogen functional groups attached to an aromatic ring is 1. The maximum absolute atomic E-state index is 6.21. The molecule has 6 nitrogen and oxygen atoms in total. The summed E-state index contributed by atoms with van der Waals surface area (Å²) in [7, 11) is 1.70. The van der Waals surface area contributed by atoms with E-state index in [1.807, 2.05) is 0 Å². The third-order valence-corrected chi connectivity index (χ3v) is 3.64. The standard InChI is InChI=1S/C14H25N5O/c1-11-5-3-7-19(9-11)14-12(15)13(17-10-18-14)16-6-4-8-20-2/h10-11H,3-9,15H2,1-2H3,(H,16,17,18). The topological polar surface area (TPSA) is 76.3 Å². The Balaban J connectivity index is 2.02. The highest BCUT2D eigenvalue weighted by atomic mass is 16.5. The van der Waals surface area contributed by atoms with Crippen molar-refractivity contribution in [3.05, 3.63) is 6.33 Å². The third-order valence-electron chi connectivity index (χ3n) is 3.64. The van der Waals surface area contributed by atoms with E-state index in [4.69, 9.17) is 10.5 Å². The van der Waals surface area contributed by atoms with Crippen LogP contribution in [0.2, 0.25) is 0 Å². The van der Waals surface area contributed by atoms with E-state index in [-0.39, 0.29) is 0 Å². The summed E-state index contributed by atoms with van der Waals surface area (Å²) in [6.45, 7) is 5.84. The molecule has 1 fully saturated rings. The van der Waals surface area contributed by atoms with Crippen molar-refractivity contribution in [1.82, 2.24) is 9.97 Å². The van der Waals surface area contributed by atoms with Gasteiger partial charge in [-0.05, 0) is 25.2 Å². The highest BCUT2D eigenvalue weighted by Gasteiger charge is 2.20. The molecule has 6 heteroatoms. The molecule has 1 aromatic heterocycles. The van der Waals surface area contributed by atoms with Crippen molar-refractivity contribution >= 4 is 17.3 Å². The monoisotopic (exact) mass is 279 g/mol. The van der Waals surface area contributed by atoms with Gasteiger partial charge in [-0.2, -0.15) is 0 Å². The number of anilines is 3. The molecule has 0 bridgehead atoms. The molecule has 0 aromatic carbocycles. The predicted octanol–water partition coefficient (Wildman–Crippen LogP) is 1.74. The quantitative estimate of drug-likeness (QED) is 0.773. The maximum Gasteiger partial charge on any atom is 0.157 e. The summed E-state index contributed by atoms with van der Waals surface area (Å²) in [6, 6.07) is 0. The zero-order valence-electron chi connectivity index (χ0n) is 12.4. The third kappa shape index (κ3) is 3.72. The lowest BCUT2D eigenvalue weighted by molar-refractivity contribution is 0.198. The molecule has 1 aliphatic heterocycles. The molecule has 112 valence electrons. The smallest absolute Gasteiger partial charge is 0.157 e. The highest BCUT2D eigenvalue weighted by Crippen LogP contribution is 2.29. The Morgan fingerprint density at radius 1 is 1.50 bits per heavy atom. The zero-order chi connectivity index (χ0) is 14.4. The number of ether oxygens (including phenoxy) is 1. The molecule has 20 heavy (non-hydrogen) atoms. The van der Waals surface area contributed by atoms with Crippen LogP contribution >= 0.6 is 0 Å². The van der Waals surface area contributed by atoms with Gasteiger partial charge >= 0.3 is 0 Å². The molecule has 1 saturated heterocycles. The van der Waals surface area contributed by atoms with E-state index in [2.05, 4.69) is 27.1 Å². The molecule has 0 radical (unpaired) electrons. The molecule has 0 spiro atoms. The van der Waals surface area contributed by atoms with Gasteiger partial charge in [-0.25, -0.2) is 9.97 Å². The second-order valence-corrected chi connectivity index (χ2v) is 5.43. The van der Waals surface area contributed by atoms with Gasteiger partial charge in [0.1, 0.15) is 12.0 Å². The zero-order valence-corrected chi connectivity index (χ0v) is 12.4. The van der Waals surface area contributed by atoms with E-state index in [9.17, 15) is 0 Å². The van der Waals surface area contributed by atoms with Gasteiger partial charge in [0.15, 0.2) is 11.6 Å². The summed E-state index contributed by atoms with van der Waals surface area (Å²) >= 11 is 0. The predicted molar refractivity (Wildman–Crippen MR) is 82.0 cm³/mol. The maximum atomic E-state index is 6.21. The number of methoxy groups -OCH3 is 1. The number of nitrogens with one attached hydrogen (secondary N) is 1. The van der Waals surface area contributed by atoms with Crippen molar-refractivity contribution < 1.29 is 4.74 Å². The second kappa shape index (κ2) is 7.28. The van der Waals surface area contributed by atoms with Crippen LogP contribution in [0.4, 0.5) is 17.3 Å². The Morgan fingerprint density at radius 3 is 3.10 bits per heavy atom. The van der Waals surface area contributed by atoms with Crippen LogP contribution in [-0.2, 0) is 4.74 Å². The number of nitrogens with two attached hydrogens (primary N) is 1. The summed E-state index contributed by atoms with van der Waals surface area (Å²) < 4.78 is 5.03. The van der Waals surface area contributed by atoms with Crippen LogP contribution in [0.1, 0.15) is 26.2 Å². The first-order chi connectivity index (χ1) is 9.72. The van der Waals surface area contributed by atoms with Gasteiger partial charge in [0, 0.05) is 33.4 Å². The van der Waals surface area contributed by atoms with Crippen LogP contribution in [-0.4, -0.2) is 43.3 Å². The number of piperidine rings is 1. The molecule has 0 saturated carbocycles. The Hall–Kier alpha value is -1.56. The SMILES string of the molecule is COCCCNc1ncnc(N2CCCC(C)C2)c1N. The fraction of sp³-hybridized carbons (Fsp3) is 0.714. The number of hydrogen-bond acceptors (Lipinski definition) is 6. The number of rotatable bonds is 6. The molecule has 2 heterocycles. The lowest BCUT2D eigenvalue weighted by Crippen LogP contribution is -2.35. The van der Waals surface area contributed by atoms with Crippen LogP contribution < -0.4 is 16.0 Å². The Morgan fingerprint density at radius 2 is 2.35 bits per heavy atom. The fourth-order valence-electron chi connectivity index (χ4n) is 2.58. The average molecular weight is 279 g/mol. The first-order valence-corrected chi connectivity index (χ1v) is 7.30. The van der Waals surface area contributed by atoms with Gasteiger partial charge in [-0.1, -0.05) is 6.92 Å². The van der Waals surface area contributed by atoms with Crippen molar-refractivity contribution in [2.45, 2.75) is 26.2 Å². The van der Waals surface area contributed by atoms with Crippen molar-refractivity contribution in [2.75, 3.05) is 49.3 Å². The molecule has 1 aliphatic rings. The lowest BCUT2D eigenvalue weighted by Gasteiger charge is -2.32. The van der Waals surface area contributed by atoms with E-state index >= 15 is 0 Å². The normalized spacial score (nSPS) is 19.1. The van der Waals surface area contributed by atoms with Crippen molar-refractivity contribution in [3.8, 4) is 0 Å². The van der Waals surface area contributed by atoms with Crippen LogP contribution in [0.5, 0.6) is 0 Å². The van der Waals surface area contributed by atoms with Crippen LogP contribution in [0.3, 0.4) is 0 Å². The minimum Gasteiger partial charge on any atom is -0.393 e. The molecule has 0 aliphatic carbocycles. The fourth-order valence-corrected chi connectivity index (χ4v) is 2.58. The van der Waals surface area contributed by atoms with E-state index in [1.54, 1.807) is 13.4 Å². The second-order valence-electron chi connectivity index (χ2n) is 5.43. The lowest BCUT2D eigenvalue weighted by atomic mass is 10.0. The number of aromatic nitrogens is 2. The van der Waals surface area contributed by atoms with Gasteiger partial charge < -0.3 is 20.7 Å². The Bertz CT molecular complexity index is 426. The van der Waals surface area contributed by atoms with Crippen LogP contribution in [0.25, 0.3) is 0 Å². The van der Waals surface area contributed by atoms with Gasteiger partial charge in [0.2, 0.25) is 0 Å². The van der Waals surface area contributed by atoms with Crippen LogP contribution in [0, 0.1) is 5.92 Å². The summed E-state index contributed by atoms with van der Waals surface area (Å²) in [5, 5.41) is 3.26. The van der Waals surface area contributed by atoms with E-state index < -0.39 is 0 Å². The molecule has 0 amide bonds. The van der Waals surface area contributed by atoms with E-state index in [0.717, 1.165) is 44.3 Å². The van der Waals surface area contributed by atoms with E-state index in [1.165, 1.54) is 12.8 Å². The van der Waals surface area contributed by atoms with Crippen molar-refractivity contribution in [2.24, 2.45) is 5.92 Å². The van der Waals surface area contributed by atoms with Gasteiger partial charge in [0.05, 0.1) is 0 Å². The number of nitrogens with zero attached hydrogens (tertiary/aromatic N) is 3. The first-order valence-electron chi connectivity index (χ1n) is 7.30. The highest BCUT2D eigenvalue weighted by molar-refractivity contribution is 5.74. The Kier molecular flexibility index (Phi) is 5.40. The summed E-state index contributed by atoms with van der Waals surface area (Å²) in [6.07, 6.45) is 4.99. The van der Waals surface area contributed by atoms with E-state index in [0.29, 0.717) is 11.6 Å². The number of hydrogen-bond donors (Lipinski definition) is 2. The largest absolute Gasteiger partial charge is 0.393 e. The molecule has 3 N–H and O–H groups in total. The Labute approximate surface area is 120 Å². The summed E-state index contributed by atoms with van der Waals surface area (Å²) in [5.41, 5.74) is 6.87.